The number of ether oxygens (including phenoxy) is 2. The third kappa shape index (κ3) is 66.7. The molecule has 0 heterocycles. The van der Waals surface area contributed by atoms with E-state index >= 15 is 0 Å². The minimum absolute atomic E-state index is 0.0537. The summed E-state index contributed by atoms with van der Waals surface area (Å²) in [4.78, 5) is 35.3. The van der Waals surface area contributed by atoms with Crippen molar-refractivity contribution in [2.24, 2.45) is 5.73 Å². The summed E-state index contributed by atoms with van der Waals surface area (Å²) in [7, 11) is -4.39. The molecule has 0 aromatic rings. The predicted molar refractivity (Wildman–Crippen MR) is 349 cm³/mol. The molecule has 0 saturated carbocycles. The fourth-order valence-corrected chi connectivity index (χ4v) is 11.0. The first-order valence-electron chi connectivity index (χ1n) is 34.8. The highest BCUT2D eigenvalue weighted by molar-refractivity contribution is 7.47. The second kappa shape index (κ2) is 66.8. The molecule has 81 heavy (non-hydrogen) atoms. The van der Waals surface area contributed by atoms with Gasteiger partial charge in [0.15, 0.2) is 6.10 Å². The molecule has 0 radical (unpaired) electrons. The van der Waals surface area contributed by atoms with Crippen LogP contribution in [0.4, 0.5) is 0 Å². The number of hydrogen-bond donors (Lipinski definition) is 2. The lowest BCUT2D eigenvalue weighted by atomic mass is 10.0. The van der Waals surface area contributed by atoms with E-state index in [0.717, 1.165) is 64.2 Å². The smallest absolute Gasteiger partial charge is 0.462 e. The Morgan fingerprint density at radius 3 is 1.02 bits per heavy atom. The normalized spacial score (nSPS) is 13.3. The fraction of sp³-hybridized carbons (Fsp3) is 0.831. The topological polar surface area (TPSA) is 134 Å². The summed E-state index contributed by atoms with van der Waals surface area (Å²) in [5, 5.41) is 0. The average molecular weight is 1160 g/mol. The molecule has 2 atom stereocenters. The highest BCUT2D eigenvalue weighted by Crippen LogP contribution is 2.43. The fourth-order valence-electron chi connectivity index (χ4n) is 10.3. The van der Waals surface area contributed by atoms with Gasteiger partial charge in [-0.3, -0.25) is 18.6 Å². The average Bonchev–Trinajstić information content (AvgIpc) is 3.46. The summed E-state index contributed by atoms with van der Waals surface area (Å²) < 4.78 is 33.2. The maximum Gasteiger partial charge on any atom is 0.472 e. The lowest BCUT2D eigenvalue weighted by molar-refractivity contribution is -0.161. The minimum atomic E-state index is -4.39. The zero-order chi connectivity index (χ0) is 58.7. The molecule has 0 aliphatic heterocycles. The summed E-state index contributed by atoms with van der Waals surface area (Å²) >= 11 is 0. The monoisotopic (exact) mass is 1160 g/mol. The van der Waals surface area contributed by atoms with E-state index in [9.17, 15) is 19.0 Å². The summed E-state index contributed by atoms with van der Waals surface area (Å²) in [6, 6.07) is 0. The van der Waals surface area contributed by atoms with Gasteiger partial charge in [0.05, 0.1) is 13.2 Å². The van der Waals surface area contributed by atoms with Crippen molar-refractivity contribution in [3.63, 3.8) is 0 Å². The molecule has 474 valence electrons. The van der Waals surface area contributed by atoms with E-state index in [0.29, 0.717) is 6.42 Å². The third-order valence-corrected chi connectivity index (χ3v) is 16.4. The first-order chi connectivity index (χ1) is 39.8. The molecule has 9 nitrogen and oxygen atoms in total. The van der Waals surface area contributed by atoms with Crippen molar-refractivity contribution >= 4 is 19.8 Å². The molecular weight excluding hydrogens is 1030 g/mol. The Hall–Kier alpha value is -2.29. The van der Waals surface area contributed by atoms with Crippen LogP contribution in [0.2, 0.25) is 0 Å². The van der Waals surface area contributed by atoms with E-state index in [2.05, 4.69) is 74.6 Å². The lowest BCUT2D eigenvalue weighted by Crippen LogP contribution is -2.29. The van der Waals surface area contributed by atoms with E-state index in [4.69, 9.17) is 24.3 Å². The maximum absolute atomic E-state index is 12.8. The van der Waals surface area contributed by atoms with Crippen LogP contribution in [0.25, 0.3) is 0 Å². The van der Waals surface area contributed by atoms with Crippen molar-refractivity contribution in [2.45, 2.75) is 354 Å². The Bertz CT molecular complexity index is 1510. The highest BCUT2D eigenvalue weighted by Gasteiger charge is 2.26. The predicted octanol–water partition coefficient (Wildman–Crippen LogP) is 22.6. The number of carbonyl (C=O) groups is 2. The number of unbranched alkanes of at least 4 members (excludes halogenated alkanes) is 43. The lowest BCUT2D eigenvalue weighted by Gasteiger charge is -2.19. The first-order valence-corrected chi connectivity index (χ1v) is 36.3. The first kappa shape index (κ1) is 78.7. The van der Waals surface area contributed by atoms with Gasteiger partial charge in [0.1, 0.15) is 6.61 Å². The van der Waals surface area contributed by atoms with Gasteiger partial charge in [0, 0.05) is 19.4 Å². The van der Waals surface area contributed by atoms with Gasteiger partial charge < -0.3 is 20.1 Å². The SMILES string of the molecule is CC/C=C\C/C=C\C/C=C\C/C=C\CCCCCCCCCCCCCCCCC(=O)OC(COC(=O)CCCCCCCCCCCCCCCCCCCCCCC/C=C\CCCCCCCCCC)COP(=O)(O)OCCN. The number of rotatable bonds is 66. The van der Waals surface area contributed by atoms with E-state index in [1.54, 1.807) is 0 Å². The van der Waals surface area contributed by atoms with Gasteiger partial charge in [-0.05, 0) is 77.0 Å². The molecule has 10 heteroatoms. The molecule has 0 aliphatic carbocycles. The van der Waals surface area contributed by atoms with Gasteiger partial charge in [0.25, 0.3) is 0 Å². The number of phosphoric acid groups is 1. The number of hydrogen-bond acceptors (Lipinski definition) is 8. The second-order valence-electron chi connectivity index (χ2n) is 23.4. The minimum Gasteiger partial charge on any atom is -0.462 e. The summed E-state index contributed by atoms with van der Waals surface area (Å²) in [6.45, 7) is 3.69. The Morgan fingerprint density at radius 1 is 0.383 bits per heavy atom. The van der Waals surface area contributed by atoms with Gasteiger partial charge in [-0.1, -0.05) is 319 Å². The zero-order valence-corrected chi connectivity index (χ0v) is 54.2. The van der Waals surface area contributed by atoms with Crippen molar-refractivity contribution in [3.05, 3.63) is 60.8 Å². The molecule has 2 unspecified atom stereocenters. The van der Waals surface area contributed by atoms with Crippen LogP contribution < -0.4 is 5.73 Å². The van der Waals surface area contributed by atoms with Crippen molar-refractivity contribution in [3.8, 4) is 0 Å². The summed E-state index contributed by atoms with van der Waals surface area (Å²) in [6.07, 6.45) is 86.1. The van der Waals surface area contributed by atoms with Gasteiger partial charge in [-0.15, -0.1) is 0 Å². The van der Waals surface area contributed by atoms with Gasteiger partial charge in [-0.2, -0.15) is 0 Å². The van der Waals surface area contributed by atoms with Crippen molar-refractivity contribution in [1.82, 2.24) is 0 Å². The molecular formula is C71H132NO8P. The Labute approximate surface area is 501 Å². The molecule has 0 amide bonds. The standard InChI is InChI=1S/C71H132NO8P/c1-3-5-7-9-11-13-15-17-19-21-23-25-27-29-31-32-33-34-35-36-38-39-41-43-45-47-49-51-53-55-57-59-61-63-70(73)77-67-69(68-79-81(75,76)78-66-65-72)80-71(74)64-62-60-58-56-54-52-50-48-46-44-42-40-37-30-28-26-24-22-20-18-16-14-12-10-8-6-4-2/h6,8,12,14,18,20-21,23-24,26,69H,3-5,7,9-11,13,15-17,19,22,25,27-68,72H2,1-2H3,(H,75,76)/b8-6-,14-12-,20-18-,23-21-,26-24-. The molecule has 0 aromatic heterocycles. The van der Waals surface area contributed by atoms with Gasteiger partial charge in [0.2, 0.25) is 0 Å². The van der Waals surface area contributed by atoms with Crippen LogP contribution >= 0.6 is 7.82 Å². The van der Waals surface area contributed by atoms with Crippen LogP contribution in [0.15, 0.2) is 60.8 Å². The number of nitrogens with two attached hydrogens (primary N) is 1. The number of phosphoric ester groups is 1. The molecule has 0 bridgehead atoms. The van der Waals surface area contributed by atoms with Crippen LogP contribution in [0.5, 0.6) is 0 Å². The van der Waals surface area contributed by atoms with E-state index in [-0.39, 0.29) is 38.6 Å². The van der Waals surface area contributed by atoms with Crippen LogP contribution in [-0.4, -0.2) is 49.3 Å². The Balaban J connectivity index is 3.83. The number of esters is 2. The van der Waals surface area contributed by atoms with Crippen molar-refractivity contribution in [1.29, 1.82) is 0 Å². The second-order valence-corrected chi connectivity index (χ2v) is 24.8. The van der Waals surface area contributed by atoms with E-state index < -0.39 is 26.5 Å². The van der Waals surface area contributed by atoms with E-state index in [1.807, 2.05) is 0 Å². The third-order valence-electron chi connectivity index (χ3n) is 15.4. The zero-order valence-electron chi connectivity index (χ0n) is 53.3. The molecule has 0 saturated heterocycles. The van der Waals surface area contributed by atoms with Crippen molar-refractivity contribution in [2.75, 3.05) is 26.4 Å². The molecule has 0 fully saturated rings. The van der Waals surface area contributed by atoms with Crippen LogP contribution in [0, 0.1) is 0 Å². The molecule has 0 spiro atoms. The number of allylic oxidation sites excluding steroid dienone is 10. The summed E-state index contributed by atoms with van der Waals surface area (Å²) in [5.41, 5.74) is 5.40. The Morgan fingerprint density at radius 2 is 0.679 bits per heavy atom. The molecule has 0 aromatic carbocycles. The summed E-state index contributed by atoms with van der Waals surface area (Å²) in [5.74, 6) is -0.812. The molecule has 3 N–H and O–H groups in total. The maximum atomic E-state index is 12.8. The highest BCUT2D eigenvalue weighted by atomic mass is 31.2. The van der Waals surface area contributed by atoms with Crippen LogP contribution in [-0.2, 0) is 32.7 Å². The molecule has 0 rings (SSSR count). The van der Waals surface area contributed by atoms with Gasteiger partial charge in [-0.25, -0.2) is 4.57 Å². The quantitative estimate of drug-likeness (QED) is 0.0264. The van der Waals surface area contributed by atoms with Crippen LogP contribution in [0.1, 0.15) is 348 Å². The molecule has 0 aliphatic rings. The van der Waals surface area contributed by atoms with Crippen molar-refractivity contribution < 1.29 is 37.6 Å². The Kier molecular flexibility index (Phi) is 65.0. The number of carbonyl (C=O) groups excluding carboxylic acids is 2. The largest absolute Gasteiger partial charge is 0.472 e. The van der Waals surface area contributed by atoms with E-state index in [1.165, 1.54) is 250 Å². The van der Waals surface area contributed by atoms with Gasteiger partial charge >= 0.3 is 19.8 Å². The van der Waals surface area contributed by atoms with Crippen LogP contribution in [0.3, 0.4) is 0 Å².